The zero-order valence-electron chi connectivity index (χ0n) is 9.05. The lowest BCUT2D eigenvalue weighted by molar-refractivity contribution is -0.116. The van der Waals surface area contributed by atoms with E-state index in [1.54, 1.807) is 19.9 Å². The Kier molecular flexibility index (Phi) is 4.53. The van der Waals surface area contributed by atoms with E-state index in [2.05, 4.69) is 10.3 Å². The number of nitrogens with zero attached hydrogens (tertiary/aromatic N) is 1. The fourth-order valence-corrected chi connectivity index (χ4v) is 1.81. The van der Waals surface area contributed by atoms with Gasteiger partial charge in [-0.15, -0.1) is 0 Å². The molecule has 0 saturated heterocycles. The predicted octanol–water partition coefficient (Wildman–Crippen LogP) is 2.37. The van der Waals surface area contributed by atoms with E-state index in [1.807, 2.05) is 0 Å². The highest BCUT2D eigenvalue weighted by Gasteiger charge is 2.12. The zero-order valence-corrected chi connectivity index (χ0v) is 10.6. The van der Waals surface area contributed by atoms with Crippen molar-refractivity contribution in [3.05, 3.63) is 21.9 Å². The van der Waals surface area contributed by atoms with Gasteiger partial charge in [-0.25, -0.2) is 4.98 Å². The summed E-state index contributed by atoms with van der Waals surface area (Å²) in [5.74, 6) is -0.191. The summed E-state index contributed by atoms with van der Waals surface area (Å²) in [6, 6.07) is 1.44. The third-order valence-corrected chi connectivity index (χ3v) is 2.38. The maximum Gasteiger partial charge on any atom is 0.226 e. The van der Waals surface area contributed by atoms with Gasteiger partial charge in [-0.1, -0.05) is 23.2 Å². The molecule has 1 aromatic heterocycles. The summed E-state index contributed by atoms with van der Waals surface area (Å²) in [6.45, 7) is 3.55. The van der Waals surface area contributed by atoms with Crippen molar-refractivity contribution in [2.24, 2.45) is 5.73 Å². The molecule has 0 radical (unpaired) electrons. The molecule has 0 aliphatic rings. The summed E-state index contributed by atoms with van der Waals surface area (Å²) in [5, 5.41) is 3.15. The Labute approximate surface area is 104 Å². The molecule has 0 spiro atoms. The molecule has 3 N–H and O–H groups in total. The second-order valence-corrected chi connectivity index (χ2v) is 4.40. The number of pyridine rings is 1. The lowest BCUT2D eigenvalue weighted by atomic mass is 10.2. The van der Waals surface area contributed by atoms with Gasteiger partial charge in [0.25, 0.3) is 0 Å². The molecular weight excluding hydrogens is 249 g/mol. The van der Waals surface area contributed by atoms with Gasteiger partial charge in [-0.3, -0.25) is 4.79 Å². The minimum Gasteiger partial charge on any atom is -0.327 e. The van der Waals surface area contributed by atoms with Gasteiger partial charge in [0.1, 0.15) is 5.15 Å². The average Bonchev–Trinajstić information content (AvgIpc) is 2.09. The lowest BCUT2D eigenvalue weighted by Crippen LogP contribution is -2.24. The van der Waals surface area contributed by atoms with Crippen LogP contribution in [0.25, 0.3) is 0 Å². The minimum atomic E-state index is -0.195. The number of halogens is 2. The Balaban J connectivity index is 2.85. The topological polar surface area (TPSA) is 68.0 Å². The fraction of sp³-hybridized carbons (Fsp3) is 0.400. The van der Waals surface area contributed by atoms with Crippen molar-refractivity contribution in [3.63, 3.8) is 0 Å². The second-order valence-electron chi connectivity index (χ2n) is 3.66. The van der Waals surface area contributed by atoms with Crippen LogP contribution in [0.1, 0.15) is 18.9 Å². The molecule has 0 aromatic carbocycles. The SMILES string of the molecule is Cc1cc(Cl)nc(Cl)c1NC(=O)CC(C)N. The molecule has 0 aliphatic heterocycles. The maximum absolute atomic E-state index is 11.5. The Bertz CT molecular complexity index is 384. The molecule has 1 heterocycles. The van der Waals surface area contributed by atoms with Crippen LogP contribution in [-0.4, -0.2) is 16.9 Å². The molecule has 16 heavy (non-hydrogen) atoms. The number of hydrogen-bond acceptors (Lipinski definition) is 3. The van der Waals surface area contributed by atoms with Crippen LogP contribution >= 0.6 is 23.2 Å². The number of aromatic nitrogens is 1. The smallest absolute Gasteiger partial charge is 0.226 e. The van der Waals surface area contributed by atoms with Crippen LogP contribution in [-0.2, 0) is 4.79 Å². The summed E-state index contributed by atoms with van der Waals surface area (Å²) in [6.07, 6.45) is 0.235. The number of nitrogens with two attached hydrogens (primary N) is 1. The van der Waals surface area contributed by atoms with Crippen molar-refractivity contribution < 1.29 is 4.79 Å². The molecule has 1 rings (SSSR count). The number of hydrogen-bond donors (Lipinski definition) is 2. The number of carbonyl (C=O) groups excluding carboxylic acids is 1. The van der Waals surface area contributed by atoms with Crippen molar-refractivity contribution in [2.45, 2.75) is 26.3 Å². The fourth-order valence-electron chi connectivity index (χ4n) is 1.23. The summed E-state index contributed by atoms with van der Waals surface area (Å²) in [4.78, 5) is 15.4. The number of anilines is 1. The number of aryl methyl sites for hydroxylation is 1. The minimum absolute atomic E-state index is 0.183. The molecule has 88 valence electrons. The van der Waals surface area contributed by atoms with E-state index in [1.165, 1.54) is 0 Å². The Hall–Kier alpha value is -0.840. The van der Waals surface area contributed by atoms with E-state index in [-0.39, 0.29) is 23.5 Å². The van der Waals surface area contributed by atoms with Gasteiger partial charge in [0.05, 0.1) is 5.69 Å². The van der Waals surface area contributed by atoms with Crippen molar-refractivity contribution in [1.29, 1.82) is 0 Å². The first-order valence-electron chi connectivity index (χ1n) is 4.78. The predicted molar refractivity (Wildman–Crippen MR) is 65.9 cm³/mol. The highest BCUT2D eigenvalue weighted by molar-refractivity contribution is 6.34. The number of carbonyl (C=O) groups is 1. The summed E-state index contributed by atoms with van der Waals surface area (Å²) >= 11 is 11.6. The van der Waals surface area contributed by atoms with Crippen molar-refractivity contribution in [3.8, 4) is 0 Å². The van der Waals surface area contributed by atoms with Crippen molar-refractivity contribution >= 4 is 34.8 Å². The van der Waals surface area contributed by atoms with E-state index in [4.69, 9.17) is 28.9 Å². The van der Waals surface area contributed by atoms with Gasteiger partial charge >= 0.3 is 0 Å². The molecule has 0 saturated carbocycles. The highest BCUT2D eigenvalue weighted by Crippen LogP contribution is 2.26. The van der Waals surface area contributed by atoms with Gasteiger partial charge in [-0.05, 0) is 25.5 Å². The monoisotopic (exact) mass is 261 g/mol. The zero-order chi connectivity index (χ0) is 12.3. The van der Waals surface area contributed by atoms with Crippen LogP contribution in [0.5, 0.6) is 0 Å². The lowest BCUT2D eigenvalue weighted by Gasteiger charge is -2.11. The third-order valence-electron chi connectivity index (χ3n) is 1.91. The first kappa shape index (κ1) is 13.2. The maximum atomic E-state index is 11.5. The highest BCUT2D eigenvalue weighted by atomic mass is 35.5. The molecule has 6 heteroatoms. The molecule has 0 fully saturated rings. The largest absolute Gasteiger partial charge is 0.327 e. The van der Waals surface area contributed by atoms with E-state index >= 15 is 0 Å². The molecule has 1 amide bonds. The second kappa shape index (κ2) is 5.48. The summed E-state index contributed by atoms with van der Waals surface area (Å²) in [5.41, 5.74) is 6.77. The van der Waals surface area contributed by atoms with E-state index in [0.717, 1.165) is 5.56 Å². The van der Waals surface area contributed by atoms with E-state index in [9.17, 15) is 4.79 Å². The van der Waals surface area contributed by atoms with Crippen LogP contribution < -0.4 is 11.1 Å². The Morgan fingerprint density at radius 1 is 1.62 bits per heavy atom. The molecule has 1 unspecified atom stereocenters. The van der Waals surface area contributed by atoms with Crippen molar-refractivity contribution in [1.82, 2.24) is 4.98 Å². The Morgan fingerprint density at radius 3 is 2.75 bits per heavy atom. The van der Waals surface area contributed by atoms with Gasteiger partial charge in [0, 0.05) is 12.5 Å². The first-order chi connectivity index (χ1) is 7.40. The van der Waals surface area contributed by atoms with E-state index in [0.29, 0.717) is 10.8 Å². The van der Waals surface area contributed by atoms with Gasteiger partial charge in [0.15, 0.2) is 5.15 Å². The molecular formula is C10H13Cl2N3O. The Morgan fingerprint density at radius 2 is 2.25 bits per heavy atom. The van der Waals surface area contributed by atoms with Gasteiger partial charge < -0.3 is 11.1 Å². The van der Waals surface area contributed by atoms with Crippen LogP contribution in [0.15, 0.2) is 6.07 Å². The number of amides is 1. The molecule has 1 aromatic rings. The van der Waals surface area contributed by atoms with Gasteiger partial charge in [-0.2, -0.15) is 0 Å². The standard InChI is InChI=1S/C10H13Cl2N3O/c1-5-3-7(11)14-10(12)9(5)15-8(16)4-6(2)13/h3,6H,4,13H2,1-2H3,(H,15,16). The van der Waals surface area contributed by atoms with Crippen LogP contribution in [0.2, 0.25) is 10.3 Å². The number of rotatable bonds is 3. The summed E-state index contributed by atoms with van der Waals surface area (Å²) in [7, 11) is 0. The van der Waals surface area contributed by atoms with Crippen LogP contribution in [0.3, 0.4) is 0 Å². The van der Waals surface area contributed by atoms with E-state index < -0.39 is 0 Å². The molecule has 0 bridgehead atoms. The quantitative estimate of drug-likeness (QED) is 0.822. The summed E-state index contributed by atoms with van der Waals surface area (Å²) < 4.78 is 0. The number of nitrogens with one attached hydrogen (secondary N) is 1. The van der Waals surface area contributed by atoms with Crippen molar-refractivity contribution in [2.75, 3.05) is 5.32 Å². The molecule has 0 aliphatic carbocycles. The normalized spacial score (nSPS) is 12.3. The molecule has 1 atom stereocenters. The van der Waals surface area contributed by atoms with Crippen LogP contribution in [0.4, 0.5) is 5.69 Å². The third kappa shape index (κ3) is 3.63. The average molecular weight is 262 g/mol. The molecule has 4 nitrogen and oxygen atoms in total. The first-order valence-corrected chi connectivity index (χ1v) is 5.54. The van der Waals surface area contributed by atoms with Gasteiger partial charge in [0.2, 0.25) is 5.91 Å². The van der Waals surface area contributed by atoms with Crippen LogP contribution in [0, 0.1) is 6.92 Å².